The highest BCUT2D eigenvalue weighted by molar-refractivity contribution is 4.88. The zero-order valence-electron chi connectivity index (χ0n) is 10.6. The van der Waals surface area contributed by atoms with Gasteiger partial charge in [0.05, 0.1) is 0 Å². The fraction of sp³-hybridized carbons (Fsp3) is 0.833. The minimum absolute atomic E-state index is 0.420. The van der Waals surface area contributed by atoms with Crippen LogP contribution in [-0.2, 0) is 17.8 Å². The molecule has 2 heterocycles. The molecule has 1 fully saturated rings. The molecule has 0 bridgehead atoms. The van der Waals surface area contributed by atoms with Crippen LogP contribution in [0.3, 0.4) is 0 Å². The van der Waals surface area contributed by atoms with Crippen molar-refractivity contribution in [3.63, 3.8) is 0 Å². The van der Waals surface area contributed by atoms with Crippen LogP contribution in [0.5, 0.6) is 0 Å². The maximum absolute atomic E-state index is 5.22. The van der Waals surface area contributed by atoms with Crippen LogP contribution in [0.1, 0.15) is 31.5 Å². The van der Waals surface area contributed by atoms with Gasteiger partial charge in [-0.05, 0) is 37.8 Å². The van der Waals surface area contributed by atoms with Crippen molar-refractivity contribution < 1.29 is 9.26 Å². The average molecular weight is 239 g/mol. The SMILES string of the molecule is COCc1noc(CC(C)C2CCCNC2)n1. The van der Waals surface area contributed by atoms with Crippen LogP contribution in [0.15, 0.2) is 4.52 Å². The molecule has 5 nitrogen and oxygen atoms in total. The van der Waals surface area contributed by atoms with Crippen LogP contribution in [0.4, 0.5) is 0 Å². The van der Waals surface area contributed by atoms with Gasteiger partial charge in [0.15, 0.2) is 5.82 Å². The van der Waals surface area contributed by atoms with Crippen molar-refractivity contribution in [1.82, 2.24) is 15.5 Å². The van der Waals surface area contributed by atoms with Crippen molar-refractivity contribution >= 4 is 0 Å². The molecule has 1 aromatic rings. The summed E-state index contributed by atoms with van der Waals surface area (Å²) < 4.78 is 10.2. The highest BCUT2D eigenvalue weighted by Gasteiger charge is 2.22. The van der Waals surface area contributed by atoms with Crippen LogP contribution in [-0.4, -0.2) is 30.3 Å². The summed E-state index contributed by atoms with van der Waals surface area (Å²) in [5.74, 6) is 2.67. The lowest BCUT2D eigenvalue weighted by Crippen LogP contribution is -2.33. The quantitative estimate of drug-likeness (QED) is 0.841. The number of nitrogens with zero attached hydrogens (tertiary/aromatic N) is 2. The normalized spacial score (nSPS) is 22.6. The molecule has 5 heteroatoms. The molecule has 0 aromatic carbocycles. The Bertz CT molecular complexity index is 334. The van der Waals surface area contributed by atoms with Crippen molar-refractivity contribution in [2.45, 2.75) is 32.8 Å². The summed E-state index contributed by atoms with van der Waals surface area (Å²) in [6, 6.07) is 0. The van der Waals surface area contributed by atoms with Crippen LogP contribution < -0.4 is 5.32 Å². The molecule has 17 heavy (non-hydrogen) atoms. The molecule has 0 amide bonds. The molecule has 2 unspecified atom stereocenters. The molecule has 1 aliphatic heterocycles. The van der Waals surface area contributed by atoms with Gasteiger partial charge in [0.25, 0.3) is 0 Å². The van der Waals surface area contributed by atoms with Gasteiger partial charge in [-0.25, -0.2) is 0 Å². The predicted molar refractivity (Wildman–Crippen MR) is 63.5 cm³/mol. The first kappa shape index (κ1) is 12.5. The number of piperidine rings is 1. The molecule has 1 N–H and O–H groups in total. The van der Waals surface area contributed by atoms with Crippen LogP contribution in [0.2, 0.25) is 0 Å². The fourth-order valence-corrected chi connectivity index (χ4v) is 2.37. The van der Waals surface area contributed by atoms with Gasteiger partial charge in [-0.2, -0.15) is 4.98 Å². The second-order valence-corrected chi connectivity index (χ2v) is 4.83. The average Bonchev–Trinajstić information content (AvgIpc) is 2.78. The molecule has 1 aliphatic rings. The van der Waals surface area contributed by atoms with E-state index in [1.165, 1.54) is 12.8 Å². The largest absolute Gasteiger partial charge is 0.377 e. The van der Waals surface area contributed by atoms with E-state index in [2.05, 4.69) is 22.4 Å². The van der Waals surface area contributed by atoms with Gasteiger partial charge in [0.1, 0.15) is 6.61 Å². The first-order valence-electron chi connectivity index (χ1n) is 6.30. The monoisotopic (exact) mass is 239 g/mol. The summed E-state index contributed by atoms with van der Waals surface area (Å²) in [6.07, 6.45) is 3.43. The number of methoxy groups -OCH3 is 1. The Morgan fingerprint density at radius 2 is 2.47 bits per heavy atom. The number of ether oxygens (including phenoxy) is 1. The summed E-state index contributed by atoms with van der Waals surface area (Å²) in [5.41, 5.74) is 0. The Hall–Kier alpha value is -0.940. The zero-order chi connectivity index (χ0) is 12.1. The van der Waals surface area contributed by atoms with Crippen molar-refractivity contribution in [2.24, 2.45) is 11.8 Å². The van der Waals surface area contributed by atoms with E-state index >= 15 is 0 Å². The summed E-state index contributed by atoms with van der Waals surface area (Å²) in [6.45, 7) is 4.95. The molecule has 0 aliphatic carbocycles. The van der Waals surface area contributed by atoms with E-state index in [0.29, 0.717) is 18.3 Å². The molecule has 0 spiro atoms. The van der Waals surface area contributed by atoms with Gasteiger partial charge in [-0.1, -0.05) is 12.1 Å². The Balaban J connectivity index is 1.85. The Labute approximate surface area is 102 Å². The van der Waals surface area contributed by atoms with Crippen molar-refractivity contribution in [3.05, 3.63) is 11.7 Å². The predicted octanol–water partition coefficient (Wildman–Crippen LogP) is 1.39. The van der Waals surface area contributed by atoms with Crippen molar-refractivity contribution in [3.8, 4) is 0 Å². The van der Waals surface area contributed by atoms with E-state index in [1.54, 1.807) is 7.11 Å². The zero-order valence-corrected chi connectivity index (χ0v) is 10.6. The van der Waals surface area contributed by atoms with E-state index in [9.17, 15) is 0 Å². The number of hydrogen-bond donors (Lipinski definition) is 1. The van der Waals surface area contributed by atoms with E-state index in [1.807, 2.05) is 0 Å². The third-order valence-electron chi connectivity index (χ3n) is 3.42. The molecule has 1 saturated heterocycles. The summed E-state index contributed by atoms with van der Waals surface area (Å²) in [7, 11) is 1.63. The number of hydrogen-bond acceptors (Lipinski definition) is 5. The van der Waals surface area contributed by atoms with Gasteiger partial charge in [-0.3, -0.25) is 0 Å². The minimum atomic E-state index is 0.420. The smallest absolute Gasteiger partial charge is 0.227 e. The van der Waals surface area contributed by atoms with Gasteiger partial charge in [0.2, 0.25) is 5.89 Å². The lowest BCUT2D eigenvalue weighted by molar-refractivity contribution is 0.174. The maximum atomic E-state index is 5.22. The Morgan fingerprint density at radius 3 is 3.18 bits per heavy atom. The highest BCUT2D eigenvalue weighted by atomic mass is 16.5. The van der Waals surface area contributed by atoms with Crippen LogP contribution >= 0.6 is 0 Å². The molecule has 1 aromatic heterocycles. The molecule has 96 valence electrons. The highest BCUT2D eigenvalue weighted by Crippen LogP contribution is 2.22. The standard InChI is InChI=1S/C12H21N3O2/c1-9(10-4-3-5-13-7-10)6-12-14-11(8-16-2)15-17-12/h9-10,13H,3-8H2,1-2H3. The summed E-state index contributed by atoms with van der Waals surface area (Å²) >= 11 is 0. The first-order chi connectivity index (χ1) is 8.29. The number of aromatic nitrogens is 2. The maximum Gasteiger partial charge on any atom is 0.227 e. The third-order valence-corrected chi connectivity index (χ3v) is 3.42. The molecule has 2 atom stereocenters. The van der Waals surface area contributed by atoms with Gasteiger partial charge in [-0.15, -0.1) is 0 Å². The fourth-order valence-electron chi connectivity index (χ4n) is 2.37. The Morgan fingerprint density at radius 1 is 1.59 bits per heavy atom. The third kappa shape index (κ3) is 3.51. The Kier molecular flexibility index (Phi) is 4.50. The van der Waals surface area contributed by atoms with Gasteiger partial charge < -0.3 is 14.6 Å². The van der Waals surface area contributed by atoms with Crippen LogP contribution in [0.25, 0.3) is 0 Å². The lowest BCUT2D eigenvalue weighted by Gasteiger charge is -2.27. The molecular formula is C12H21N3O2. The van der Waals surface area contributed by atoms with Crippen LogP contribution in [0, 0.1) is 11.8 Å². The minimum Gasteiger partial charge on any atom is -0.377 e. The summed E-state index contributed by atoms with van der Waals surface area (Å²) in [5, 5.41) is 7.32. The van der Waals surface area contributed by atoms with Gasteiger partial charge in [0, 0.05) is 13.5 Å². The second-order valence-electron chi connectivity index (χ2n) is 4.83. The molecular weight excluding hydrogens is 218 g/mol. The number of nitrogens with one attached hydrogen (secondary N) is 1. The summed E-state index contributed by atoms with van der Waals surface area (Å²) in [4.78, 5) is 4.31. The second kappa shape index (κ2) is 6.12. The van der Waals surface area contributed by atoms with E-state index in [-0.39, 0.29) is 0 Å². The van der Waals surface area contributed by atoms with Gasteiger partial charge >= 0.3 is 0 Å². The molecule has 0 radical (unpaired) electrons. The lowest BCUT2D eigenvalue weighted by atomic mass is 9.85. The molecule has 2 rings (SSSR count). The van der Waals surface area contributed by atoms with Crippen molar-refractivity contribution in [2.75, 3.05) is 20.2 Å². The van der Waals surface area contributed by atoms with E-state index in [0.717, 1.165) is 31.3 Å². The first-order valence-corrected chi connectivity index (χ1v) is 6.30. The van der Waals surface area contributed by atoms with E-state index < -0.39 is 0 Å². The number of rotatable bonds is 5. The van der Waals surface area contributed by atoms with E-state index in [4.69, 9.17) is 9.26 Å². The topological polar surface area (TPSA) is 60.2 Å². The van der Waals surface area contributed by atoms with Crippen molar-refractivity contribution in [1.29, 1.82) is 0 Å². The molecule has 0 saturated carbocycles.